The average Bonchev–Trinajstić information content (AvgIpc) is 3.93. The first kappa shape index (κ1) is 41.1. The highest BCUT2D eigenvalue weighted by molar-refractivity contribution is 5.95. The summed E-state index contributed by atoms with van der Waals surface area (Å²) in [5, 5.41) is 12.7. The van der Waals surface area contributed by atoms with Crippen LogP contribution in [-0.2, 0) is 17.6 Å². The van der Waals surface area contributed by atoms with E-state index in [-0.39, 0.29) is 34.9 Å². The maximum absolute atomic E-state index is 14.6. The van der Waals surface area contributed by atoms with Gasteiger partial charge in [0.25, 0.3) is 11.5 Å². The van der Waals surface area contributed by atoms with E-state index in [9.17, 15) is 18.8 Å². The predicted molar refractivity (Wildman–Crippen MR) is 241 cm³/mol. The van der Waals surface area contributed by atoms with E-state index >= 15 is 0 Å². The molecule has 0 atom stereocenters. The van der Waals surface area contributed by atoms with Gasteiger partial charge in [0.1, 0.15) is 11.3 Å². The molecule has 1 aliphatic heterocycles. The van der Waals surface area contributed by atoms with E-state index in [1.165, 1.54) is 17.0 Å². The summed E-state index contributed by atoms with van der Waals surface area (Å²) in [5.74, 6) is 0.785. The van der Waals surface area contributed by atoms with Crippen LogP contribution in [0.4, 0.5) is 10.2 Å². The summed E-state index contributed by atoms with van der Waals surface area (Å²) >= 11 is 0. The van der Waals surface area contributed by atoms with Crippen molar-refractivity contribution in [3.8, 4) is 11.4 Å². The van der Waals surface area contributed by atoms with Gasteiger partial charge >= 0.3 is 0 Å². The number of imidazole rings is 1. The number of halogens is 1. The molecule has 0 spiro atoms. The Morgan fingerprint density at radius 1 is 0.905 bits per heavy atom. The van der Waals surface area contributed by atoms with Gasteiger partial charge in [0.15, 0.2) is 17.3 Å². The Bertz CT molecular complexity index is 3040. The van der Waals surface area contributed by atoms with Gasteiger partial charge in [0.05, 0.1) is 23.0 Å². The minimum absolute atomic E-state index is 0.0122. The van der Waals surface area contributed by atoms with E-state index in [0.717, 1.165) is 70.4 Å². The molecule has 320 valence electrons. The third-order valence-corrected chi connectivity index (χ3v) is 11.7. The number of fused-ring (bicyclic) bond motifs is 3. The quantitative estimate of drug-likeness (QED) is 0.128. The fraction of sp³-hybridized carbons (Fsp3) is 0.292. The molecule has 2 fully saturated rings. The minimum Gasteiger partial charge on any atom is -0.368 e. The number of aryl methyl sites for hydroxylation is 1. The standard InChI is InChI=1S/C24H23FN4O3.C24H25N7/c25-20-8-5-15(14-21-17-3-1-2-4-18(17)22(30)27-26-21)13-19(20)24(32)29-11-9-28(10-12-29)23(31)16-6-7-16;1-15(2)31-14-28-21-23(26-9-8-17-13-27-20-7-5-4-6-19(17)20)29-22(30-24(21)31)18-10-16(3)11-25-12-18/h1-5,8,13,16H,6-7,9-12,14H2,(H,27,30);4-7,10-15,27H,8-9H2,1-3H3,(H,26,29,30). The van der Waals surface area contributed by atoms with Crippen LogP contribution in [0.2, 0.25) is 0 Å². The second-order valence-electron chi connectivity index (χ2n) is 16.5. The smallest absolute Gasteiger partial charge is 0.272 e. The number of rotatable bonds is 10. The summed E-state index contributed by atoms with van der Waals surface area (Å²) in [5.41, 5.74) is 7.16. The summed E-state index contributed by atoms with van der Waals surface area (Å²) in [6, 6.07) is 22.3. The van der Waals surface area contributed by atoms with Crippen molar-refractivity contribution in [2.45, 2.75) is 52.5 Å². The minimum atomic E-state index is -0.575. The molecule has 8 aromatic rings. The van der Waals surface area contributed by atoms with Crippen molar-refractivity contribution < 1.29 is 14.0 Å². The molecule has 63 heavy (non-hydrogen) atoms. The number of aromatic amines is 2. The van der Waals surface area contributed by atoms with E-state index < -0.39 is 5.82 Å². The van der Waals surface area contributed by atoms with Crippen LogP contribution >= 0.6 is 0 Å². The Kier molecular flexibility index (Phi) is 11.5. The van der Waals surface area contributed by atoms with E-state index in [4.69, 9.17) is 9.97 Å². The molecule has 14 nitrogen and oxygen atoms in total. The molecule has 2 amide bonds. The number of aromatic nitrogens is 8. The van der Waals surface area contributed by atoms with Gasteiger partial charge in [-0.25, -0.2) is 24.4 Å². The molecule has 1 aliphatic carbocycles. The maximum atomic E-state index is 14.6. The molecule has 0 unspecified atom stereocenters. The van der Waals surface area contributed by atoms with Crippen LogP contribution in [-0.4, -0.2) is 94.0 Å². The zero-order valence-corrected chi connectivity index (χ0v) is 35.4. The number of piperazine rings is 1. The van der Waals surface area contributed by atoms with Crippen LogP contribution in [0.15, 0.2) is 103 Å². The summed E-state index contributed by atoms with van der Waals surface area (Å²) < 4.78 is 16.6. The van der Waals surface area contributed by atoms with Crippen LogP contribution in [0, 0.1) is 18.7 Å². The normalized spacial score (nSPS) is 14.0. The molecule has 2 aliphatic rings. The SMILES string of the molecule is Cc1cncc(-c2nc(NCCc3c[nH]c4ccccc34)c3ncn(C(C)C)c3n2)c1.O=C(c1cc(Cc2n[nH]c(=O)c3ccccc23)ccc1F)N1CCN(C(=O)C2CC2)CC1. The number of para-hydroxylation sites is 1. The molecule has 15 heteroatoms. The van der Waals surface area contributed by atoms with Crippen molar-refractivity contribution in [1.29, 1.82) is 0 Å². The number of carbonyl (C=O) groups excluding carboxylic acids is 2. The highest BCUT2D eigenvalue weighted by Crippen LogP contribution is 2.32. The molecule has 5 aromatic heterocycles. The van der Waals surface area contributed by atoms with Gasteiger partial charge in [0.2, 0.25) is 5.91 Å². The van der Waals surface area contributed by atoms with Gasteiger partial charge in [-0.1, -0.05) is 42.5 Å². The number of hydrogen-bond donors (Lipinski definition) is 3. The van der Waals surface area contributed by atoms with Crippen LogP contribution in [0.25, 0.3) is 44.2 Å². The molecule has 3 aromatic carbocycles. The van der Waals surface area contributed by atoms with Crippen molar-refractivity contribution >= 4 is 50.5 Å². The number of anilines is 1. The van der Waals surface area contributed by atoms with Crippen molar-refractivity contribution in [1.82, 2.24) is 49.5 Å². The second kappa shape index (κ2) is 17.6. The van der Waals surface area contributed by atoms with Crippen LogP contribution < -0.4 is 10.9 Å². The summed E-state index contributed by atoms with van der Waals surface area (Å²) in [6.45, 7) is 8.77. The Hall–Kier alpha value is -7.29. The lowest BCUT2D eigenvalue weighted by atomic mass is 10.0. The lowest BCUT2D eigenvalue weighted by Gasteiger charge is -2.35. The fourth-order valence-corrected chi connectivity index (χ4v) is 8.11. The lowest BCUT2D eigenvalue weighted by molar-refractivity contribution is -0.134. The summed E-state index contributed by atoms with van der Waals surface area (Å²) in [7, 11) is 0. The third kappa shape index (κ3) is 8.76. The van der Waals surface area contributed by atoms with Crippen LogP contribution in [0.5, 0.6) is 0 Å². The number of pyridine rings is 1. The van der Waals surface area contributed by atoms with Crippen molar-refractivity contribution in [3.05, 3.63) is 142 Å². The van der Waals surface area contributed by atoms with Gasteiger partial charge in [-0.15, -0.1) is 0 Å². The highest BCUT2D eigenvalue weighted by atomic mass is 19.1. The first-order valence-electron chi connectivity index (χ1n) is 21.4. The average molecular weight is 846 g/mol. The fourth-order valence-electron chi connectivity index (χ4n) is 8.11. The number of nitrogens with zero attached hydrogens (tertiary/aromatic N) is 8. The second-order valence-corrected chi connectivity index (χ2v) is 16.5. The first-order valence-corrected chi connectivity index (χ1v) is 21.4. The number of hydrogen-bond acceptors (Lipinski definition) is 9. The third-order valence-electron chi connectivity index (χ3n) is 11.7. The molecule has 0 radical (unpaired) electrons. The van der Waals surface area contributed by atoms with Gasteiger partial charge in [0, 0.05) is 91.5 Å². The summed E-state index contributed by atoms with van der Waals surface area (Å²) in [6.07, 6.45) is 10.7. The number of carbonyl (C=O) groups is 2. The zero-order valence-electron chi connectivity index (χ0n) is 35.4. The van der Waals surface area contributed by atoms with Crippen LogP contribution in [0.1, 0.15) is 65.5 Å². The van der Waals surface area contributed by atoms with Gasteiger partial charge in [-0.3, -0.25) is 19.4 Å². The van der Waals surface area contributed by atoms with Crippen LogP contribution in [0.3, 0.4) is 0 Å². The lowest BCUT2D eigenvalue weighted by Crippen LogP contribution is -2.51. The number of nitrogens with one attached hydrogen (secondary N) is 3. The molecule has 1 saturated heterocycles. The molecule has 6 heterocycles. The molecule has 1 saturated carbocycles. The van der Waals surface area contributed by atoms with Gasteiger partial charge in [-0.05, 0) is 87.1 Å². The summed E-state index contributed by atoms with van der Waals surface area (Å²) in [4.78, 5) is 62.6. The maximum Gasteiger partial charge on any atom is 0.272 e. The monoisotopic (exact) mass is 845 g/mol. The highest BCUT2D eigenvalue weighted by Gasteiger charge is 2.35. The van der Waals surface area contributed by atoms with Crippen molar-refractivity contribution in [2.75, 3.05) is 38.0 Å². The molecular weight excluding hydrogens is 798 g/mol. The first-order chi connectivity index (χ1) is 30.6. The predicted octanol–water partition coefficient (Wildman–Crippen LogP) is 7.26. The van der Waals surface area contributed by atoms with Crippen molar-refractivity contribution in [2.24, 2.45) is 5.92 Å². The topological polar surface area (TPSA) is 171 Å². The van der Waals surface area contributed by atoms with Gasteiger partial charge in [-0.2, -0.15) is 5.10 Å². The Labute approximate surface area is 362 Å². The Balaban J connectivity index is 0.000000160. The molecule has 0 bridgehead atoms. The van der Waals surface area contributed by atoms with E-state index in [2.05, 4.69) is 79.3 Å². The number of amides is 2. The molecule has 3 N–H and O–H groups in total. The van der Waals surface area contributed by atoms with E-state index in [1.807, 2.05) is 37.6 Å². The number of benzene rings is 3. The van der Waals surface area contributed by atoms with Crippen molar-refractivity contribution in [3.63, 3.8) is 0 Å². The molecular formula is C48H48FN11O3. The van der Waals surface area contributed by atoms with Gasteiger partial charge < -0.3 is 24.7 Å². The number of H-pyrrole nitrogens is 2. The largest absolute Gasteiger partial charge is 0.368 e. The Morgan fingerprint density at radius 3 is 2.41 bits per heavy atom. The molecule has 10 rings (SSSR count). The zero-order chi connectivity index (χ0) is 43.6. The van der Waals surface area contributed by atoms with E-state index in [0.29, 0.717) is 49.5 Å². The Morgan fingerprint density at radius 2 is 1.65 bits per heavy atom. The van der Waals surface area contributed by atoms with E-state index in [1.54, 1.807) is 40.3 Å².